The first-order valence-corrected chi connectivity index (χ1v) is 7.91. The van der Waals surface area contributed by atoms with Crippen molar-refractivity contribution in [1.82, 2.24) is 15.1 Å². The summed E-state index contributed by atoms with van der Waals surface area (Å²) in [6, 6.07) is 18.7. The predicted molar refractivity (Wildman–Crippen MR) is 89.8 cm³/mol. The molecule has 1 atom stereocenters. The van der Waals surface area contributed by atoms with E-state index >= 15 is 0 Å². The average Bonchev–Trinajstić information content (AvgIpc) is 3.10. The molecule has 0 bridgehead atoms. The Morgan fingerprint density at radius 1 is 1.09 bits per heavy atom. The van der Waals surface area contributed by atoms with Crippen molar-refractivity contribution in [2.24, 2.45) is 0 Å². The monoisotopic (exact) mass is 305 g/mol. The number of hydrogen-bond donors (Lipinski definition) is 1. The zero-order chi connectivity index (χ0) is 15.5. The first-order chi connectivity index (χ1) is 11.4. The second-order valence-electron chi connectivity index (χ2n) is 5.83. The van der Waals surface area contributed by atoms with Crippen LogP contribution in [0.3, 0.4) is 0 Å². The van der Waals surface area contributed by atoms with Crippen molar-refractivity contribution in [2.75, 3.05) is 6.61 Å². The Hall–Kier alpha value is -2.59. The summed E-state index contributed by atoms with van der Waals surface area (Å²) in [7, 11) is 0. The topological polar surface area (TPSA) is 39.1 Å². The third kappa shape index (κ3) is 3.12. The Labute approximate surface area is 135 Å². The molecule has 0 amide bonds. The van der Waals surface area contributed by atoms with Crippen LogP contribution in [-0.4, -0.2) is 22.4 Å². The van der Waals surface area contributed by atoms with Gasteiger partial charge in [0.1, 0.15) is 12.4 Å². The molecule has 0 unspecified atom stereocenters. The number of fused-ring (bicyclic) bond motifs is 1. The maximum absolute atomic E-state index is 5.82. The number of benzene rings is 2. The van der Waals surface area contributed by atoms with Gasteiger partial charge in [0, 0.05) is 24.3 Å². The number of ether oxygens (including phenoxy) is 1. The average molecular weight is 305 g/mol. The summed E-state index contributed by atoms with van der Waals surface area (Å²) in [5.41, 5.74) is 3.53. The number of hydrogen-bond acceptors (Lipinski definition) is 3. The van der Waals surface area contributed by atoms with E-state index in [1.807, 2.05) is 41.2 Å². The summed E-state index contributed by atoms with van der Waals surface area (Å²) in [4.78, 5) is 0. The van der Waals surface area contributed by atoms with Gasteiger partial charge in [-0.15, -0.1) is 0 Å². The summed E-state index contributed by atoms with van der Waals surface area (Å²) in [5.74, 6) is 1.02. The molecule has 1 N–H and O–H groups in total. The highest BCUT2D eigenvalue weighted by molar-refractivity contribution is 5.35. The summed E-state index contributed by atoms with van der Waals surface area (Å²) >= 11 is 0. The summed E-state index contributed by atoms with van der Waals surface area (Å²) < 4.78 is 7.72. The second kappa shape index (κ2) is 6.26. The van der Waals surface area contributed by atoms with Crippen LogP contribution in [0.25, 0.3) is 5.69 Å². The largest absolute Gasteiger partial charge is 0.492 e. The number of nitrogens with one attached hydrogen (secondary N) is 1. The summed E-state index contributed by atoms with van der Waals surface area (Å²) in [6.45, 7) is 1.51. The molecule has 116 valence electrons. The molecule has 1 aromatic heterocycles. The van der Waals surface area contributed by atoms with Crippen LogP contribution in [0, 0.1) is 0 Å². The standard InChI is InChI=1S/C19H19N3O/c1-2-7-18(8-3-1)22-13-15(12-21-22)11-20-17-10-16-6-4-5-9-19(16)23-14-17/h1-9,12-13,17,20H,10-11,14H2/t17-/m0/s1. The Balaban J connectivity index is 1.38. The first kappa shape index (κ1) is 14.0. The maximum atomic E-state index is 5.82. The van der Waals surface area contributed by atoms with E-state index in [9.17, 15) is 0 Å². The smallest absolute Gasteiger partial charge is 0.122 e. The van der Waals surface area contributed by atoms with Gasteiger partial charge in [-0.3, -0.25) is 0 Å². The predicted octanol–water partition coefficient (Wildman–Crippen LogP) is 2.97. The SMILES string of the molecule is c1ccc(-n2cc(CN[C@@H]3COc4ccccc4C3)cn2)cc1. The molecule has 0 fully saturated rings. The van der Waals surface area contributed by atoms with Crippen molar-refractivity contribution in [2.45, 2.75) is 19.0 Å². The fourth-order valence-corrected chi connectivity index (χ4v) is 2.89. The molecular weight excluding hydrogens is 286 g/mol. The molecule has 1 aliphatic heterocycles. The third-order valence-corrected chi connectivity index (χ3v) is 4.13. The van der Waals surface area contributed by atoms with Gasteiger partial charge in [0.15, 0.2) is 0 Å². The van der Waals surface area contributed by atoms with E-state index in [1.54, 1.807) is 0 Å². The highest BCUT2D eigenvalue weighted by atomic mass is 16.5. The van der Waals surface area contributed by atoms with E-state index in [2.05, 4.69) is 40.9 Å². The second-order valence-corrected chi connectivity index (χ2v) is 5.83. The molecular formula is C19H19N3O. The lowest BCUT2D eigenvalue weighted by Crippen LogP contribution is -2.38. The molecule has 3 aromatic rings. The maximum Gasteiger partial charge on any atom is 0.122 e. The van der Waals surface area contributed by atoms with Crippen LogP contribution in [0.15, 0.2) is 67.0 Å². The van der Waals surface area contributed by atoms with Gasteiger partial charge >= 0.3 is 0 Å². The van der Waals surface area contributed by atoms with Gasteiger partial charge in [-0.05, 0) is 30.2 Å². The van der Waals surface area contributed by atoms with Crippen LogP contribution in [0.1, 0.15) is 11.1 Å². The Bertz CT molecular complexity index is 782. The minimum atomic E-state index is 0.338. The molecule has 2 aromatic carbocycles. The van der Waals surface area contributed by atoms with Crippen molar-refractivity contribution < 1.29 is 4.74 Å². The summed E-state index contributed by atoms with van der Waals surface area (Å²) in [6.07, 6.45) is 4.99. The molecule has 0 aliphatic carbocycles. The van der Waals surface area contributed by atoms with E-state index in [-0.39, 0.29) is 0 Å². The number of rotatable bonds is 4. The van der Waals surface area contributed by atoms with E-state index in [4.69, 9.17) is 4.74 Å². The normalized spacial score (nSPS) is 16.6. The highest BCUT2D eigenvalue weighted by Gasteiger charge is 2.18. The van der Waals surface area contributed by atoms with Crippen molar-refractivity contribution in [3.05, 3.63) is 78.1 Å². The van der Waals surface area contributed by atoms with Crippen LogP contribution < -0.4 is 10.1 Å². The van der Waals surface area contributed by atoms with Gasteiger partial charge in [0.2, 0.25) is 0 Å². The molecule has 4 heteroatoms. The zero-order valence-corrected chi connectivity index (χ0v) is 12.9. The van der Waals surface area contributed by atoms with Crippen LogP contribution in [-0.2, 0) is 13.0 Å². The van der Waals surface area contributed by atoms with Gasteiger partial charge in [0.05, 0.1) is 11.9 Å². The first-order valence-electron chi connectivity index (χ1n) is 7.91. The minimum absolute atomic E-state index is 0.338. The Morgan fingerprint density at radius 3 is 2.83 bits per heavy atom. The third-order valence-electron chi connectivity index (χ3n) is 4.13. The number of para-hydroxylation sites is 2. The fraction of sp³-hybridized carbons (Fsp3) is 0.211. The van der Waals surface area contributed by atoms with Crippen molar-refractivity contribution in [1.29, 1.82) is 0 Å². The van der Waals surface area contributed by atoms with E-state index < -0.39 is 0 Å². The number of aromatic nitrogens is 2. The van der Waals surface area contributed by atoms with Crippen LogP contribution in [0.2, 0.25) is 0 Å². The molecule has 0 saturated carbocycles. The summed E-state index contributed by atoms with van der Waals surface area (Å²) in [5, 5.41) is 8.00. The van der Waals surface area contributed by atoms with Crippen molar-refractivity contribution in [3.8, 4) is 11.4 Å². The molecule has 1 aliphatic rings. The van der Waals surface area contributed by atoms with Crippen molar-refractivity contribution >= 4 is 0 Å². The lowest BCUT2D eigenvalue weighted by Gasteiger charge is -2.25. The van der Waals surface area contributed by atoms with Gasteiger partial charge in [-0.2, -0.15) is 5.10 Å². The van der Waals surface area contributed by atoms with Crippen LogP contribution in [0.4, 0.5) is 0 Å². The Morgan fingerprint density at radius 2 is 1.91 bits per heavy atom. The van der Waals surface area contributed by atoms with Gasteiger partial charge < -0.3 is 10.1 Å². The van der Waals surface area contributed by atoms with Gasteiger partial charge in [-0.25, -0.2) is 4.68 Å². The molecule has 0 saturated heterocycles. The fourth-order valence-electron chi connectivity index (χ4n) is 2.89. The molecule has 23 heavy (non-hydrogen) atoms. The van der Waals surface area contributed by atoms with E-state index in [0.29, 0.717) is 12.6 Å². The lowest BCUT2D eigenvalue weighted by molar-refractivity contribution is 0.238. The van der Waals surface area contributed by atoms with Gasteiger partial charge in [-0.1, -0.05) is 36.4 Å². The molecule has 2 heterocycles. The van der Waals surface area contributed by atoms with Gasteiger partial charge in [0.25, 0.3) is 0 Å². The van der Waals surface area contributed by atoms with Crippen molar-refractivity contribution in [3.63, 3.8) is 0 Å². The Kier molecular flexibility index (Phi) is 3.82. The molecule has 0 spiro atoms. The molecule has 0 radical (unpaired) electrons. The van der Waals surface area contributed by atoms with E-state index in [1.165, 1.54) is 11.1 Å². The number of nitrogens with zero attached hydrogens (tertiary/aromatic N) is 2. The molecule has 4 nitrogen and oxygen atoms in total. The van der Waals surface area contributed by atoms with Crippen LogP contribution >= 0.6 is 0 Å². The lowest BCUT2D eigenvalue weighted by atomic mass is 10.0. The molecule has 4 rings (SSSR count). The van der Waals surface area contributed by atoms with Crippen LogP contribution in [0.5, 0.6) is 5.75 Å². The van der Waals surface area contributed by atoms with E-state index in [0.717, 1.165) is 24.4 Å². The minimum Gasteiger partial charge on any atom is -0.492 e. The zero-order valence-electron chi connectivity index (χ0n) is 12.9. The highest BCUT2D eigenvalue weighted by Crippen LogP contribution is 2.24. The quantitative estimate of drug-likeness (QED) is 0.805.